The summed E-state index contributed by atoms with van der Waals surface area (Å²) in [4.78, 5) is 27.4. The SMILES string of the molecule is CC(=O)NCCCC(=O)Nc1ccc(-c2n[nH]cc2-c2nc3cc(Cl)ccc3o2)cc1. The lowest BCUT2D eigenvalue weighted by Gasteiger charge is -2.07. The number of hydrogen-bond donors (Lipinski definition) is 3. The number of hydrogen-bond acceptors (Lipinski definition) is 5. The molecule has 0 aliphatic carbocycles. The molecular weight excluding hydrogens is 418 g/mol. The zero-order valence-electron chi connectivity index (χ0n) is 16.7. The van der Waals surface area contributed by atoms with Crippen molar-refractivity contribution in [3.63, 3.8) is 0 Å². The number of carbonyl (C=O) groups is 2. The highest BCUT2D eigenvalue weighted by Crippen LogP contribution is 2.32. The fourth-order valence-electron chi connectivity index (χ4n) is 3.14. The Kier molecular flexibility index (Phi) is 5.99. The van der Waals surface area contributed by atoms with Crippen molar-refractivity contribution in [2.45, 2.75) is 19.8 Å². The molecule has 4 aromatic rings. The first-order valence-corrected chi connectivity index (χ1v) is 10.1. The second kappa shape index (κ2) is 9.01. The number of fused-ring (bicyclic) bond motifs is 1. The molecule has 8 nitrogen and oxygen atoms in total. The number of oxazole rings is 1. The number of nitrogens with zero attached hydrogens (tertiary/aromatic N) is 2. The molecular formula is C22H20ClN5O3. The molecule has 2 heterocycles. The van der Waals surface area contributed by atoms with Crippen molar-refractivity contribution in [1.82, 2.24) is 20.5 Å². The topological polar surface area (TPSA) is 113 Å². The molecule has 158 valence electrons. The van der Waals surface area contributed by atoms with Crippen LogP contribution in [0.5, 0.6) is 0 Å². The van der Waals surface area contributed by atoms with E-state index in [1.54, 1.807) is 24.4 Å². The van der Waals surface area contributed by atoms with E-state index in [0.29, 0.717) is 52.8 Å². The predicted molar refractivity (Wildman–Crippen MR) is 119 cm³/mol. The Balaban J connectivity index is 1.46. The molecule has 4 rings (SSSR count). The molecule has 3 N–H and O–H groups in total. The van der Waals surface area contributed by atoms with Crippen LogP contribution in [0.3, 0.4) is 0 Å². The molecule has 0 radical (unpaired) electrons. The first kappa shape index (κ1) is 20.6. The van der Waals surface area contributed by atoms with Crippen LogP contribution in [0.4, 0.5) is 5.69 Å². The van der Waals surface area contributed by atoms with E-state index in [-0.39, 0.29) is 11.8 Å². The Morgan fingerprint density at radius 1 is 1.16 bits per heavy atom. The number of H-pyrrole nitrogens is 1. The molecule has 0 aliphatic rings. The smallest absolute Gasteiger partial charge is 0.231 e. The number of benzene rings is 2. The molecule has 0 fully saturated rings. The Morgan fingerprint density at radius 3 is 2.74 bits per heavy atom. The molecule has 0 atom stereocenters. The number of carbonyl (C=O) groups excluding carboxylic acids is 2. The van der Waals surface area contributed by atoms with Gasteiger partial charge in [0, 0.05) is 42.4 Å². The molecule has 2 amide bonds. The second-order valence-electron chi connectivity index (χ2n) is 6.99. The summed E-state index contributed by atoms with van der Waals surface area (Å²) in [7, 11) is 0. The Morgan fingerprint density at radius 2 is 1.97 bits per heavy atom. The van der Waals surface area contributed by atoms with E-state index in [0.717, 1.165) is 11.1 Å². The Labute approximate surface area is 183 Å². The van der Waals surface area contributed by atoms with Crippen molar-refractivity contribution < 1.29 is 14.0 Å². The molecule has 0 saturated heterocycles. The van der Waals surface area contributed by atoms with Gasteiger partial charge in [-0.25, -0.2) is 4.98 Å². The van der Waals surface area contributed by atoms with Gasteiger partial charge in [-0.1, -0.05) is 23.7 Å². The fraction of sp³-hybridized carbons (Fsp3) is 0.182. The number of amides is 2. The van der Waals surface area contributed by atoms with E-state index in [9.17, 15) is 9.59 Å². The summed E-state index contributed by atoms with van der Waals surface area (Å²) in [6, 6.07) is 12.6. The molecule has 9 heteroatoms. The van der Waals surface area contributed by atoms with Crippen molar-refractivity contribution in [3.05, 3.63) is 53.7 Å². The highest BCUT2D eigenvalue weighted by atomic mass is 35.5. The lowest BCUT2D eigenvalue weighted by Crippen LogP contribution is -2.22. The number of aromatic amines is 1. The second-order valence-corrected chi connectivity index (χ2v) is 7.43. The van der Waals surface area contributed by atoms with Gasteiger partial charge < -0.3 is 15.1 Å². The first-order valence-electron chi connectivity index (χ1n) is 9.74. The number of aromatic nitrogens is 3. The number of halogens is 1. The van der Waals surface area contributed by atoms with Crippen LogP contribution in [0.25, 0.3) is 33.8 Å². The molecule has 0 saturated carbocycles. The average Bonchev–Trinajstić information content (AvgIpc) is 3.38. The zero-order valence-corrected chi connectivity index (χ0v) is 17.5. The summed E-state index contributed by atoms with van der Waals surface area (Å²) in [6.07, 6.45) is 2.63. The standard InChI is InChI=1S/C22H20ClN5O3/c1-13(29)24-10-2-3-20(30)26-16-7-4-14(5-8-16)21-17(12-25-28-21)22-27-18-11-15(23)6-9-19(18)31-22/h4-9,11-12H,2-3,10H2,1H3,(H,24,29)(H,25,28)(H,26,30). The highest BCUT2D eigenvalue weighted by molar-refractivity contribution is 6.31. The minimum absolute atomic E-state index is 0.102. The van der Waals surface area contributed by atoms with Gasteiger partial charge in [0.15, 0.2) is 5.58 Å². The molecule has 2 aromatic heterocycles. The van der Waals surface area contributed by atoms with E-state index in [4.69, 9.17) is 16.0 Å². The van der Waals surface area contributed by atoms with Gasteiger partial charge in [0.25, 0.3) is 0 Å². The monoisotopic (exact) mass is 437 g/mol. The van der Waals surface area contributed by atoms with Gasteiger partial charge in [0.05, 0.1) is 5.56 Å². The lowest BCUT2D eigenvalue weighted by atomic mass is 10.1. The van der Waals surface area contributed by atoms with Crippen molar-refractivity contribution in [2.75, 3.05) is 11.9 Å². The first-order chi connectivity index (χ1) is 15.0. The van der Waals surface area contributed by atoms with E-state index in [1.165, 1.54) is 6.92 Å². The number of nitrogens with one attached hydrogen (secondary N) is 3. The van der Waals surface area contributed by atoms with E-state index < -0.39 is 0 Å². The third-order valence-electron chi connectivity index (χ3n) is 4.62. The van der Waals surface area contributed by atoms with Crippen LogP contribution in [0.1, 0.15) is 19.8 Å². The van der Waals surface area contributed by atoms with Crippen LogP contribution in [0.15, 0.2) is 53.1 Å². The van der Waals surface area contributed by atoms with E-state index in [2.05, 4.69) is 25.8 Å². The van der Waals surface area contributed by atoms with E-state index >= 15 is 0 Å². The van der Waals surface area contributed by atoms with Gasteiger partial charge in [-0.2, -0.15) is 5.10 Å². The maximum Gasteiger partial charge on any atom is 0.231 e. The normalized spacial score (nSPS) is 10.9. The predicted octanol–water partition coefficient (Wildman–Crippen LogP) is 4.39. The summed E-state index contributed by atoms with van der Waals surface area (Å²) in [5, 5.41) is 13.3. The minimum Gasteiger partial charge on any atom is -0.436 e. The molecule has 0 spiro atoms. The van der Waals surface area contributed by atoms with Crippen LogP contribution >= 0.6 is 11.6 Å². The fourth-order valence-corrected chi connectivity index (χ4v) is 3.30. The van der Waals surface area contributed by atoms with Crippen LogP contribution in [0.2, 0.25) is 5.02 Å². The van der Waals surface area contributed by atoms with Gasteiger partial charge in [0.2, 0.25) is 17.7 Å². The van der Waals surface area contributed by atoms with Crippen molar-refractivity contribution in [1.29, 1.82) is 0 Å². The third-order valence-corrected chi connectivity index (χ3v) is 4.85. The number of rotatable bonds is 7. The molecule has 31 heavy (non-hydrogen) atoms. The van der Waals surface area contributed by atoms with Crippen LogP contribution in [-0.4, -0.2) is 33.5 Å². The van der Waals surface area contributed by atoms with Crippen molar-refractivity contribution in [3.8, 4) is 22.7 Å². The summed E-state index contributed by atoms with van der Waals surface area (Å²) in [6.45, 7) is 1.93. The van der Waals surface area contributed by atoms with E-state index in [1.807, 2.05) is 24.3 Å². The zero-order chi connectivity index (χ0) is 21.8. The van der Waals surface area contributed by atoms with Gasteiger partial charge in [-0.05, 0) is 36.8 Å². The lowest BCUT2D eigenvalue weighted by molar-refractivity contribution is -0.119. The quantitative estimate of drug-likeness (QED) is 0.371. The largest absolute Gasteiger partial charge is 0.436 e. The summed E-state index contributed by atoms with van der Waals surface area (Å²) < 4.78 is 5.85. The molecule has 0 unspecified atom stereocenters. The van der Waals surface area contributed by atoms with Crippen LogP contribution in [0, 0.1) is 0 Å². The Hall–Kier alpha value is -3.65. The molecule has 0 aliphatic heterocycles. The summed E-state index contributed by atoms with van der Waals surface area (Å²) >= 11 is 6.03. The van der Waals surface area contributed by atoms with Crippen LogP contribution < -0.4 is 10.6 Å². The summed E-state index contributed by atoms with van der Waals surface area (Å²) in [5.74, 6) is 0.233. The number of anilines is 1. The van der Waals surface area contributed by atoms with Gasteiger partial charge >= 0.3 is 0 Å². The van der Waals surface area contributed by atoms with Gasteiger partial charge in [-0.3, -0.25) is 14.7 Å². The Bertz CT molecular complexity index is 1230. The van der Waals surface area contributed by atoms with Crippen LogP contribution in [-0.2, 0) is 9.59 Å². The highest BCUT2D eigenvalue weighted by Gasteiger charge is 2.16. The maximum atomic E-state index is 12.0. The third kappa shape index (κ3) is 4.92. The van der Waals surface area contributed by atoms with Crippen molar-refractivity contribution in [2.24, 2.45) is 0 Å². The maximum absolute atomic E-state index is 12.0. The van der Waals surface area contributed by atoms with Gasteiger partial charge in [-0.15, -0.1) is 0 Å². The average molecular weight is 438 g/mol. The molecule has 0 bridgehead atoms. The summed E-state index contributed by atoms with van der Waals surface area (Å²) in [5.41, 5.74) is 4.25. The van der Waals surface area contributed by atoms with Crippen molar-refractivity contribution >= 4 is 40.2 Å². The molecule has 2 aromatic carbocycles. The minimum atomic E-state index is -0.108. The van der Waals surface area contributed by atoms with Gasteiger partial charge in [0.1, 0.15) is 11.2 Å².